The van der Waals surface area contributed by atoms with E-state index >= 15 is 0 Å². The Morgan fingerprint density at radius 3 is 2.87 bits per heavy atom. The zero-order chi connectivity index (χ0) is 10.8. The third-order valence-electron chi connectivity index (χ3n) is 2.64. The first-order chi connectivity index (χ1) is 7.15. The van der Waals surface area contributed by atoms with Crippen molar-refractivity contribution < 1.29 is 0 Å². The number of alkyl halides is 1. The molecule has 1 atom stereocenters. The van der Waals surface area contributed by atoms with Crippen molar-refractivity contribution in [3.63, 3.8) is 0 Å². The molecule has 0 aromatic carbocycles. The highest BCUT2D eigenvalue weighted by Crippen LogP contribution is 2.21. The van der Waals surface area contributed by atoms with Crippen LogP contribution in [-0.2, 0) is 0 Å². The molecular formula is C11H16ClN3. The number of nitrogens with zero attached hydrogens (tertiary/aromatic N) is 3. The Balaban J connectivity index is 2.20. The van der Waals surface area contributed by atoms with Crippen molar-refractivity contribution in [1.82, 2.24) is 9.97 Å². The molecule has 0 saturated carbocycles. The summed E-state index contributed by atoms with van der Waals surface area (Å²) in [5.41, 5.74) is 1.02. The minimum atomic E-state index is 0.259. The highest BCUT2D eigenvalue weighted by molar-refractivity contribution is 6.21. The number of hydrogen-bond donors (Lipinski definition) is 0. The summed E-state index contributed by atoms with van der Waals surface area (Å²) in [5, 5.41) is 0.259. The van der Waals surface area contributed by atoms with Gasteiger partial charge in [-0.2, -0.15) is 0 Å². The fraction of sp³-hybridized carbons (Fsp3) is 0.636. The molecule has 0 radical (unpaired) electrons. The van der Waals surface area contributed by atoms with E-state index in [1.54, 1.807) is 0 Å². The number of aryl methyl sites for hydroxylation is 2. The largest absolute Gasteiger partial charge is 0.355 e. The lowest BCUT2D eigenvalue weighted by atomic mass is 10.1. The van der Waals surface area contributed by atoms with E-state index in [9.17, 15) is 0 Å². The van der Waals surface area contributed by atoms with Crippen molar-refractivity contribution >= 4 is 17.4 Å². The lowest BCUT2D eigenvalue weighted by molar-refractivity contribution is 0.578. The number of hydrogen-bond acceptors (Lipinski definition) is 3. The monoisotopic (exact) mass is 225 g/mol. The van der Waals surface area contributed by atoms with Gasteiger partial charge in [0.1, 0.15) is 11.6 Å². The third kappa shape index (κ3) is 2.59. The summed E-state index contributed by atoms with van der Waals surface area (Å²) >= 11 is 6.16. The number of halogens is 1. The van der Waals surface area contributed by atoms with E-state index in [2.05, 4.69) is 14.9 Å². The van der Waals surface area contributed by atoms with Crippen LogP contribution in [0.3, 0.4) is 0 Å². The predicted molar refractivity (Wildman–Crippen MR) is 62.6 cm³/mol. The Labute approximate surface area is 95.5 Å². The van der Waals surface area contributed by atoms with Gasteiger partial charge >= 0.3 is 0 Å². The van der Waals surface area contributed by atoms with Gasteiger partial charge < -0.3 is 4.90 Å². The van der Waals surface area contributed by atoms with Gasteiger partial charge in [0.25, 0.3) is 0 Å². The summed E-state index contributed by atoms with van der Waals surface area (Å²) in [5.74, 6) is 1.85. The van der Waals surface area contributed by atoms with Crippen LogP contribution in [0, 0.1) is 13.8 Å². The van der Waals surface area contributed by atoms with Crippen LogP contribution in [0.25, 0.3) is 0 Å². The van der Waals surface area contributed by atoms with Gasteiger partial charge in [0, 0.05) is 24.8 Å². The Morgan fingerprint density at radius 1 is 1.40 bits per heavy atom. The zero-order valence-corrected chi connectivity index (χ0v) is 9.96. The summed E-state index contributed by atoms with van der Waals surface area (Å²) in [6, 6.07) is 2.03. The maximum absolute atomic E-state index is 6.16. The normalized spacial score (nSPS) is 21.8. The topological polar surface area (TPSA) is 29.0 Å². The molecule has 1 aliphatic heterocycles. The minimum absolute atomic E-state index is 0.259. The molecule has 1 aliphatic rings. The quantitative estimate of drug-likeness (QED) is 0.687. The summed E-state index contributed by atoms with van der Waals surface area (Å²) in [4.78, 5) is 11.0. The molecular weight excluding hydrogens is 210 g/mol. The van der Waals surface area contributed by atoms with Crippen LogP contribution in [-0.4, -0.2) is 28.4 Å². The van der Waals surface area contributed by atoms with Crippen molar-refractivity contribution in [2.75, 3.05) is 18.0 Å². The summed E-state index contributed by atoms with van der Waals surface area (Å²) in [6.07, 6.45) is 2.26. The molecule has 1 aromatic rings. The van der Waals surface area contributed by atoms with E-state index in [0.717, 1.165) is 43.3 Å². The van der Waals surface area contributed by atoms with E-state index in [1.807, 2.05) is 19.9 Å². The maximum Gasteiger partial charge on any atom is 0.132 e. The molecule has 0 spiro atoms. The highest BCUT2D eigenvalue weighted by Gasteiger charge is 2.19. The fourth-order valence-electron chi connectivity index (χ4n) is 1.99. The molecule has 82 valence electrons. The summed E-state index contributed by atoms with van der Waals surface area (Å²) < 4.78 is 0. The molecule has 4 heteroatoms. The highest BCUT2D eigenvalue weighted by atomic mass is 35.5. The third-order valence-corrected chi connectivity index (χ3v) is 3.00. The van der Waals surface area contributed by atoms with E-state index in [4.69, 9.17) is 11.6 Å². The van der Waals surface area contributed by atoms with E-state index in [1.165, 1.54) is 0 Å². The van der Waals surface area contributed by atoms with Crippen LogP contribution in [0.5, 0.6) is 0 Å². The van der Waals surface area contributed by atoms with Gasteiger partial charge in [-0.05, 0) is 26.7 Å². The van der Waals surface area contributed by atoms with Gasteiger partial charge in [-0.15, -0.1) is 11.6 Å². The molecule has 1 fully saturated rings. The first-order valence-electron chi connectivity index (χ1n) is 5.36. The average molecular weight is 226 g/mol. The van der Waals surface area contributed by atoms with Gasteiger partial charge in [-0.1, -0.05) is 0 Å². The minimum Gasteiger partial charge on any atom is -0.355 e. The SMILES string of the molecule is Cc1cc(N2CCCC(Cl)C2)nc(C)n1. The number of aromatic nitrogens is 2. The molecule has 2 heterocycles. The zero-order valence-electron chi connectivity index (χ0n) is 9.20. The lowest BCUT2D eigenvalue weighted by Crippen LogP contribution is -2.36. The first-order valence-corrected chi connectivity index (χ1v) is 5.80. The molecule has 1 aromatic heterocycles. The van der Waals surface area contributed by atoms with Crippen molar-refractivity contribution in [2.45, 2.75) is 32.1 Å². The number of anilines is 1. The van der Waals surface area contributed by atoms with Gasteiger partial charge in [0.05, 0.1) is 5.38 Å². The van der Waals surface area contributed by atoms with E-state index in [-0.39, 0.29) is 5.38 Å². The van der Waals surface area contributed by atoms with Crippen LogP contribution in [0.4, 0.5) is 5.82 Å². The molecule has 3 nitrogen and oxygen atoms in total. The van der Waals surface area contributed by atoms with Crippen LogP contribution in [0.2, 0.25) is 0 Å². The molecule has 0 amide bonds. The van der Waals surface area contributed by atoms with Crippen LogP contribution >= 0.6 is 11.6 Å². The molecule has 1 unspecified atom stereocenters. The molecule has 15 heavy (non-hydrogen) atoms. The molecule has 0 aliphatic carbocycles. The Bertz CT molecular complexity index is 333. The summed E-state index contributed by atoms with van der Waals surface area (Å²) in [7, 11) is 0. The summed E-state index contributed by atoms with van der Waals surface area (Å²) in [6.45, 7) is 5.88. The second-order valence-electron chi connectivity index (χ2n) is 4.10. The Hall–Kier alpha value is -0.830. The standard InChI is InChI=1S/C11H16ClN3/c1-8-6-11(14-9(2)13-8)15-5-3-4-10(12)7-15/h6,10H,3-5,7H2,1-2H3. The van der Waals surface area contributed by atoms with Gasteiger partial charge in [0.15, 0.2) is 0 Å². The second-order valence-corrected chi connectivity index (χ2v) is 4.72. The molecule has 1 saturated heterocycles. The van der Waals surface area contributed by atoms with Crippen molar-refractivity contribution in [3.05, 3.63) is 17.6 Å². The number of rotatable bonds is 1. The Kier molecular flexibility index (Phi) is 3.10. The maximum atomic E-state index is 6.16. The van der Waals surface area contributed by atoms with Crippen LogP contribution < -0.4 is 4.90 Å². The van der Waals surface area contributed by atoms with Crippen molar-refractivity contribution in [2.24, 2.45) is 0 Å². The van der Waals surface area contributed by atoms with Crippen LogP contribution in [0.15, 0.2) is 6.07 Å². The van der Waals surface area contributed by atoms with Crippen molar-refractivity contribution in [1.29, 1.82) is 0 Å². The first kappa shape index (κ1) is 10.7. The van der Waals surface area contributed by atoms with Gasteiger partial charge in [-0.3, -0.25) is 0 Å². The lowest BCUT2D eigenvalue weighted by Gasteiger charge is -2.30. The van der Waals surface area contributed by atoms with Gasteiger partial charge in [0.2, 0.25) is 0 Å². The smallest absolute Gasteiger partial charge is 0.132 e. The van der Waals surface area contributed by atoms with Crippen molar-refractivity contribution in [3.8, 4) is 0 Å². The Morgan fingerprint density at radius 2 is 2.20 bits per heavy atom. The molecule has 0 bridgehead atoms. The molecule has 2 rings (SSSR count). The van der Waals surface area contributed by atoms with E-state index in [0.29, 0.717) is 0 Å². The van der Waals surface area contributed by atoms with E-state index < -0.39 is 0 Å². The van der Waals surface area contributed by atoms with Crippen LogP contribution in [0.1, 0.15) is 24.4 Å². The molecule has 0 N–H and O–H groups in total. The fourth-order valence-corrected chi connectivity index (χ4v) is 2.31. The average Bonchev–Trinajstić information content (AvgIpc) is 2.16. The predicted octanol–water partition coefficient (Wildman–Crippen LogP) is 2.30. The van der Waals surface area contributed by atoms with Gasteiger partial charge in [-0.25, -0.2) is 9.97 Å². The number of piperidine rings is 1. The second kappa shape index (κ2) is 4.35.